The molecule has 0 aliphatic heterocycles. The van der Waals surface area contributed by atoms with Gasteiger partial charge in [0.15, 0.2) is 0 Å². The van der Waals surface area contributed by atoms with Crippen LogP contribution in [0.4, 0.5) is 11.4 Å². The Morgan fingerprint density at radius 2 is 1.36 bits per heavy atom. The molecule has 0 aliphatic carbocycles. The van der Waals surface area contributed by atoms with Crippen LogP contribution < -0.4 is 25.4 Å². The van der Waals surface area contributed by atoms with E-state index in [1.54, 1.807) is 18.2 Å². The SMILES string of the molecule is CCCCC(CC)COc1ccc(NC(C)=O)cc1C(=O)NC(=O)c1cc(NC(C)=O)ccc1OC. The highest BCUT2D eigenvalue weighted by Crippen LogP contribution is 2.26. The fourth-order valence-electron chi connectivity index (χ4n) is 3.62. The molecule has 0 fully saturated rings. The van der Waals surface area contributed by atoms with Crippen molar-refractivity contribution in [1.82, 2.24) is 5.32 Å². The fourth-order valence-corrected chi connectivity index (χ4v) is 3.62. The first-order valence-electron chi connectivity index (χ1n) is 12.0. The van der Waals surface area contributed by atoms with Crippen molar-refractivity contribution < 1.29 is 28.7 Å². The molecule has 0 heterocycles. The van der Waals surface area contributed by atoms with Gasteiger partial charge in [0.1, 0.15) is 11.5 Å². The van der Waals surface area contributed by atoms with Crippen LogP contribution in [0.5, 0.6) is 11.5 Å². The first-order valence-corrected chi connectivity index (χ1v) is 12.0. The third kappa shape index (κ3) is 8.41. The molecule has 0 bridgehead atoms. The van der Waals surface area contributed by atoms with Crippen LogP contribution in [-0.4, -0.2) is 37.3 Å². The Hall–Kier alpha value is -3.88. The van der Waals surface area contributed by atoms with Gasteiger partial charge in [0.05, 0.1) is 24.8 Å². The predicted octanol–water partition coefficient (Wildman–Crippen LogP) is 4.78. The Labute approximate surface area is 211 Å². The molecule has 4 amide bonds. The number of methoxy groups -OCH3 is 1. The molecule has 2 aromatic rings. The lowest BCUT2D eigenvalue weighted by molar-refractivity contribution is -0.115. The number of carbonyl (C=O) groups is 4. The summed E-state index contributed by atoms with van der Waals surface area (Å²) in [6, 6.07) is 9.25. The van der Waals surface area contributed by atoms with Gasteiger partial charge in [-0.15, -0.1) is 0 Å². The Morgan fingerprint density at radius 1 is 0.833 bits per heavy atom. The third-order valence-corrected chi connectivity index (χ3v) is 5.55. The molecule has 1 unspecified atom stereocenters. The van der Waals surface area contributed by atoms with Gasteiger partial charge in [-0.1, -0.05) is 33.1 Å². The van der Waals surface area contributed by atoms with Crippen LogP contribution in [0.1, 0.15) is 74.1 Å². The lowest BCUT2D eigenvalue weighted by Gasteiger charge is -2.18. The van der Waals surface area contributed by atoms with Crippen molar-refractivity contribution in [3.63, 3.8) is 0 Å². The Bertz CT molecular complexity index is 1100. The minimum atomic E-state index is -0.714. The lowest BCUT2D eigenvalue weighted by atomic mass is 10.0. The summed E-state index contributed by atoms with van der Waals surface area (Å²) in [7, 11) is 1.40. The average Bonchev–Trinajstić information content (AvgIpc) is 2.83. The minimum absolute atomic E-state index is 0.0724. The lowest BCUT2D eigenvalue weighted by Crippen LogP contribution is -2.31. The van der Waals surface area contributed by atoms with Crippen molar-refractivity contribution in [3.8, 4) is 11.5 Å². The number of rotatable bonds is 12. The van der Waals surface area contributed by atoms with Crippen molar-refractivity contribution >= 4 is 35.0 Å². The topological polar surface area (TPSA) is 123 Å². The molecular weight excluding hydrogens is 462 g/mol. The summed E-state index contributed by atoms with van der Waals surface area (Å²) in [4.78, 5) is 49.2. The summed E-state index contributed by atoms with van der Waals surface area (Å²) in [6.45, 7) is 7.37. The number of anilines is 2. The molecule has 0 radical (unpaired) electrons. The van der Waals surface area contributed by atoms with Crippen molar-refractivity contribution in [1.29, 1.82) is 0 Å². The van der Waals surface area contributed by atoms with Crippen LogP contribution in [-0.2, 0) is 9.59 Å². The van der Waals surface area contributed by atoms with Crippen molar-refractivity contribution in [2.24, 2.45) is 5.92 Å². The van der Waals surface area contributed by atoms with Crippen LogP contribution in [0.15, 0.2) is 36.4 Å². The first kappa shape index (κ1) is 28.4. The Morgan fingerprint density at radius 3 is 1.83 bits per heavy atom. The minimum Gasteiger partial charge on any atom is -0.496 e. The second-order valence-electron chi connectivity index (χ2n) is 8.50. The van der Waals surface area contributed by atoms with E-state index in [2.05, 4.69) is 29.8 Å². The number of amides is 4. The van der Waals surface area contributed by atoms with E-state index in [0.29, 0.717) is 29.6 Å². The second-order valence-corrected chi connectivity index (χ2v) is 8.50. The molecule has 9 nitrogen and oxygen atoms in total. The molecule has 0 spiro atoms. The molecule has 0 aromatic heterocycles. The smallest absolute Gasteiger partial charge is 0.261 e. The van der Waals surface area contributed by atoms with Crippen LogP contribution in [0, 0.1) is 5.92 Å². The molecule has 1 atom stereocenters. The van der Waals surface area contributed by atoms with Crippen LogP contribution in [0.25, 0.3) is 0 Å². The number of hydrogen-bond donors (Lipinski definition) is 3. The van der Waals surface area contributed by atoms with Crippen LogP contribution in [0.2, 0.25) is 0 Å². The van der Waals surface area contributed by atoms with E-state index in [1.807, 2.05) is 0 Å². The quantitative estimate of drug-likeness (QED) is 0.363. The van der Waals surface area contributed by atoms with Gasteiger partial charge in [-0.3, -0.25) is 24.5 Å². The highest BCUT2D eigenvalue weighted by Gasteiger charge is 2.21. The predicted molar refractivity (Wildman–Crippen MR) is 139 cm³/mol. The summed E-state index contributed by atoms with van der Waals surface area (Å²) >= 11 is 0. The zero-order chi connectivity index (χ0) is 26.7. The second kappa shape index (κ2) is 13.9. The zero-order valence-corrected chi connectivity index (χ0v) is 21.5. The van der Waals surface area contributed by atoms with E-state index in [0.717, 1.165) is 25.7 Å². The maximum absolute atomic E-state index is 13.2. The molecule has 194 valence electrons. The van der Waals surface area contributed by atoms with Gasteiger partial charge in [0.2, 0.25) is 11.8 Å². The normalized spacial score (nSPS) is 11.2. The maximum atomic E-state index is 13.2. The summed E-state index contributed by atoms with van der Waals surface area (Å²) in [6.07, 6.45) is 4.13. The molecule has 2 rings (SSSR count). The van der Waals surface area contributed by atoms with Gasteiger partial charge in [0.25, 0.3) is 11.8 Å². The number of imide groups is 1. The largest absolute Gasteiger partial charge is 0.496 e. The first-order chi connectivity index (χ1) is 17.2. The molecule has 36 heavy (non-hydrogen) atoms. The number of unbranched alkanes of at least 4 members (excludes halogenated alkanes) is 1. The van der Waals surface area contributed by atoms with Gasteiger partial charge in [0, 0.05) is 25.2 Å². The van der Waals surface area contributed by atoms with Gasteiger partial charge >= 0.3 is 0 Å². The van der Waals surface area contributed by atoms with E-state index in [1.165, 1.54) is 39.2 Å². The van der Waals surface area contributed by atoms with Crippen molar-refractivity contribution in [2.75, 3.05) is 24.4 Å². The average molecular weight is 498 g/mol. The Kier molecular flexibility index (Phi) is 10.9. The number of hydrogen-bond acceptors (Lipinski definition) is 6. The van der Waals surface area contributed by atoms with E-state index in [9.17, 15) is 19.2 Å². The van der Waals surface area contributed by atoms with E-state index in [4.69, 9.17) is 9.47 Å². The highest BCUT2D eigenvalue weighted by molar-refractivity contribution is 6.13. The monoisotopic (exact) mass is 497 g/mol. The highest BCUT2D eigenvalue weighted by atomic mass is 16.5. The molecule has 0 aliphatic rings. The molecule has 9 heteroatoms. The van der Waals surface area contributed by atoms with Gasteiger partial charge < -0.3 is 20.1 Å². The number of ether oxygens (including phenoxy) is 2. The summed E-state index contributed by atoms with van der Waals surface area (Å²) in [5, 5.41) is 7.60. The molecule has 3 N–H and O–H groups in total. The summed E-state index contributed by atoms with van der Waals surface area (Å²) in [5.74, 6) is -1.13. The third-order valence-electron chi connectivity index (χ3n) is 5.55. The Balaban J connectivity index is 2.32. The molecular formula is C27H35N3O6. The van der Waals surface area contributed by atoms with Crippen LogP contribution >= 0.6 is 0 Å². The molecule has 0 saturated carbocycles. The molecule has 2 aromatic carbocycles. The maximum Gasteiger partial charge on any atom is 0.261 e. The van der Waals surface area contributed by atoms with Crippen molar-refractivity contribution in [3.05, 3.63) is 47.5 Å². The number of nitrogens with one attached hydrogen (secondary N) is 3. The van der Waals surface area contributed by atoms with E-state index < -0.39 is 11.8 Å². The van der Waals surface area contributed by atoms with E-state index in [-0.39, 0.29) is 28.7 Å². The van der Waals surface area contributed by atoms with Gasteiger partial charge in [-0.2, -0.15) is 0 Å². The van der Waals surface area contributed by atoms with Crippen LogP contribution in [0.3, 0.4) is 0 Å². The summed E-state index contributed by atoms with van der Waals surface area (Å²) < 4.78 is 11.3. The summed E-state index contributed by atoms with van der Waals surface area (Å²) in [5.41, 5.74) is 0.964. The number of carbonyl (C=O) groups excluding carboxylic acids is 4. The van der Waals surface area contributed by atoms with Gasteiger partial charge in [-0.05, 0) is 48.7 Å². The van der Waals surface area contributed by atoms with E-state index >= 15 is 0 Å². The fraction of sp³-hybridized carbons (Fsp3) is 0.407. The van der Waals surface area contributed by atoms with Gasteiger partial charge in [-0.25, -0.2) is 0 Å². The zero-order valence-electron chi connectivity index (χ0n) is 21.5. The molecule has 0 saturated heterocycles. The van der Waals surface area contributed by atoms with Crippen molar-refractivity contribution in [2.45, 2.75) is 53.4 Å². The number of benzene rings is 2. The standard InChI is InChI=1S/C27H35N3O6/c1-6-8-9-19(7-2)16-36-25-13-11-21(29-18(4)32)15-23(25)27(34)30-26(33)22-14-20(28-17(3)31)10-12-24(22)35-5/h10-15,19H,6-9,16H2,1-5H3,(H,28,31)(H,29,32)(H,30,33,34).